The van der Waals surface area contributed by atoms with Crippen LogP contribution >= 0.6 is 0 Å². The van der Waals surface area contributed by atoms with Gasteiger partial charge in [-0.15, -0.1) is 0 Å². The fraction of sp³-hybridized carbons (Fsp3) is 0.640. The molecule has 0 radical (unpaired) electrons. The van der Waals surface area contributed by atoms with E-state index in [4.69, 9.17) is 13.2 Å². The van der Waals surface area contributed by atoms with E-state index in [9.17, 15) is 31.9 Å². The first-order chi connectivity index (χ1) is 18.7. The van der Waals surface area contributed by atoms with E-state index in [0.29, 0.717) is 36.6 Å². The van der Waals surface area contributed by atoms with E-state index >= 15 is 0 Å². The van der Waals surface area contributed by atoms with Crippen LogP contribution in [-0.4, -0.2) is 59.1 Å². The standard InChI is InChI=1S/C25H33F5N4O3.O2S/c1-4-34-21(16(3)20(33-34)22(35)32-14-24(36)10-7-15(2)8-11-24)18-13-31-17(6-5-9-25(28,29)30)12-19(18)37-23(26)27;1-3-2/h12-13,15,23,36H,4-11,14H2,1-3H3,(H,32,35);. The molecule has 2 aromatic rings. The molecule has 9 nitrogen and oxygen atoms in total. The number of ether oxygens (including phenoxy) is 1. The number of hydrogen-bond donors (Lipinski definition) is 2. The highest BCUT2D eigenvalue weighted by Crippen LogP contribution is 2.36. The fourth-order valence-electron chi connectivity index (χ4n) is 4.60. The van der Waals surface area contributed by atoms with Crippen molar-refractivity contribution in [3.8, 4) is 17.0 Å². The molecule has 3 rings (SSSR count). The average Bonchev–Trinajstić information content (AvgIpc) is 3.20. The first-order valence-electron chi connectivity index (χ1n) is 12.7. The minimum atomic E-state index is -4.32. The summed E-state index contributed by atoms with van der Waals surface area (Å²) in [6.07, 6.45) is -1.51. The Morgan fingerprint density at radius 2 is 1.93 bits per heavy atom. The number of aliphatic hydroxyl groups is 1. The second kappa shape index (κ2) is 14.6. The molecule has 0 aromatic carbocycles. The van der Waals surface area contributed by atoms with Gasteiger partial charge in [0, 0.05) is 43.0 Å². The number of nitrogens with one attached hydrogen (secondary N) is 1. The Morgan fingerprint density at radius 1 is 1.30 bits per heavy atom. The lowest BCUT2D eigenvalue weighted by molar-refractivity contribution is -0.135. The summed E-state index contributed by atoms with van der Waals surface area (Å²) in [5.74, 6) is -0.247. The highest BCUT2D eigenvalue weighted by atomic mass is 32.1. The van der Waals surface area contributed by atoms with E-state index in [1.165, 1.54) is 16.9 Å². The number of pyridine rings is 1. The first kappa shape index (κ1) is 33.3. The van der Waals surface area contributed by atoms with Gasteiger partial charge in [-0.25, -0.2) is 0 Å². The zero-order valence-corrected chi connectivity index (χ0v) is 23.2. The van der Waals surface area contributed by atoms with Gasteiger partial charge < -0.3 is 15.2 Å². The minimum absolute atomic E-state index is 0.0687. The smallest absolute Gasteiger partial charge is 0.389 e. The fourth-order valence-corrected chi connectivity index (χ4v) is 4.60. The summed E-state index contributed by atoms with van der Waals surface area (Å²) in [4.78, 5) is 17.1. The van der Waals surface area contributed by atoms with Gasteiger partial charge in [0.05, 0.1) is 16.9 Å². The Hall–Kier alpha value is -2.94. The maximum absolute atomic E-state index is 13.2. The van der Waals surface area contributed by atoms with E-state index < -0.39 is 42.3 Å². The van der Waals surface area contributed by atoms with Crippen molar-refractivity contribution < 1.29 is 45.0 Å². The summed E-state index contributed by atoms with van der Waals surface area (Å²) in [5, 5.41) is 17.9. The Kier molecular flexibility index (Phi) is 12.2. The second-order valence-electron chi connectivity index (χ2n) is 9.81. The van der Waals surface area contributed by atoms with Crippen molar-refractivity contribution in [1.29, 1.82) is 0 Å². The van der Waals surface area contributed by atoms with Gasteiger partial charge in [-0.3, -0.25) is 14.5 Å². The van der Waals surface area contributed by atoms with Crippen molar-refractivity contribution in [1.82, 2.24) is 20.1 Å². The van der Waals surface area contributed by atoms with Crippen molar-refractivity contribution in [2.75, 3.05) is 6.54 Å². The number of rotatable bonds is 10. The quantitative estimate of drug-likeness (QED) is 0.379. The molecule has 1 saturated carbocycles. The van der Waals surface area contributed by atoms with Gasteiger partial charge in [0.2, 0.25) is 0 Å². The van der Waals surface area contributed by atoms with Crippen molar-refractivity contribution in [2.45, 2.75) is 90.7 Å². The number of nitrogens with zero attached hydrogens (tertiary/aromatic N) is 3. The zero-order valence-electron chi connectivity index (χ0n) is 22.4. The van der Waals surface area contributed by atoms with Crippen LogP contribution < -0.4 is 10.1 Å². The molecule has 0 spiro atoms. The molecule has 15 heteroatoms. The van der Waals surface area contributed by atoms with Crippen molar-refractivity contribution in [3.05, 3.63) is 29.2 Å². The molecule has 0 bridgehead atoms. The Morgan fingerprint density at radius 3 is 2.48 bits per heavy atom. The van der Waals surface area contributed by atoms with Gasteiger partial charge in [-0.1, -0.05) is 6.92 Å². The SMILES string of the molecule is CCn1nc(C(=O)NCC2(O)CCC(C)CC2)c(C)c1-c1cnc(CCCC(F)(F)F)cc1OC(F)F.O=S=O. The van der Waals surface area contributed by atoms with Gasteiger partial charge in [0.15, 0.2) is 5.69 Å². The van der Waals surface area contributed by atoms with E-state index in [1.807, 2.05) is 0 Å². The molecule has 1 amide bonds. The number of aryl methyl sites for hydroxylation is 2. The predicted molar refractivity (Wildman–Crippen MR) is 135 cm³/mol. The van der Waals surface area contributed by atoms with Crippen LogP contribution in [-0.2, 0) is 24.5 Å². The average molecular weight is 597 g/mol. The molecule has 1 aliphatic rings. The number of hydrogen-bond acceptors (Lipinski definition) is 7. The van der Waals surface area contributed by atoms with Crippen LogP contribution in [0.1, 0.15) is 74.1 Å². The van der Waals surface area contributed by atoms with Crippen LogP contribution in [0.2, 0.25) is 0 Å². The largest absolute Gasteiger partial charge is 0.434 e. The molecule has 0 unspecified atom stereocenters. The van der Waals surface area contributed by atoms with Crippen LogP contribution in [0.15, 0.2) is 12.3 Å². The predicted octanol–water partition coefficient (Wildman–Crippen LogP) is 4.76. The molecular weight excluding hydrogens is 563 g/mol. The number of carbonyl (C=O) groups excluding carboxylic acids is 1. The summed E-state index contributed by atoms with van der Waals surface area (Å²) in [5.41, 5.74) is 0.137. The lowest BCUT2D eigenvalue weighted by atomic mass is 9.79. The third-order valence-corrected chi connectivity index (χ3v) is 6.77. The highest BCUT2D eigenvalue weighted by molar-refractivity contribution is 7.51. The second-order valence-corrected chi connectivity index (χ2v) is 9.95. The van der Waals surface area contributed by atoms with Crippen LogP contribution in [0.4, 0.5) is 22.0 Å². The molecule has 2 heterocycles. The summed E-state index contributed by atoms with van der Waals surface area (Å²) in [6, 6.07) is 1.20. The molecule has 0 saturated heterocycles. The molecule has 2 aromatic heterocycles. The summed E-state index contributed by atoms with van der Waals surface area (Å²) in [6.45, 7) is 2.69. The van der Waals surface area contributed by atoms with E-state index in [2.05, 4.69) is 22.3 Å². The van der Waals surface area contributed by atoms with Crippen LogP contribution in [0, 0.1) is 12.8 Å². The monoisotopic (exact) mass is 596 g/mol. The van der Waals surface area contributed by atoms with Gasteiger partial charge in [0.25, 0.3) is 5.91 Å². The van der Waals surface area contributed by atoms with Gasteiger partial charge in [-0.2, -0.15) is 35.5 Å². The normalized spacial score (nSPS) is 19.1. The molecule has 0 aliphatic heterocycles. The summed E-state index contributed by atoms with van der Waals surface area (Å²) >= 11 is -0.750. The first-order valence-corrected chi connectivity index (χ1v) is 13.4. The molecule has 1 fully saturated rings. The number of halogens is 5. The van der Waals surface area contributed by atoms with Crippen molar-refractivity contribution in [2.24, 2.45) is 5.92 Å². The third-order valence-electron chi connectivity index (χ3n) is 6.77. The maximum atomic E-state index is 13.2. The van der Waals surface area contributed by atoms with Crippen LogP contribution in [0.25, 0.3) is 11.3 Å². The maximum Gasteiger partial charge on any atom is 0.389 e. The molecule has 224 valence electrons. The van der Waals surface area contributed by atoms with Crippen molar-refractivity contribution in [3.63, 3.8) is 0 Å². The molecule has 0 atom stereocenters. The topological polar surface area (TPSA) is 123 Å². The van der Waals surface area contributed by atoms with E-state index in [0.717, 1.165) is 12.8 Å². The number of aromatic nitrogens is 3. The van der Waals surface area contributed by atoms with Gasteiger partial charge in [0.1, 0.15) is 5.75 Å². The van der Waals surface area contributed by atoms with Crippen LogP contribution in [0.5, 0.6) is 5.75 Å². The van der Waals surface area contributed by atoms with Gasteiger partial charge in [-0.05, 0) is 58.3 Å². The number of amides is 1. The molecule has 1 aliphatic carbocycles. The summed E-state index contributed by atoms with van der Waals surface area (Å²) < 4.78 is 86.6. The van der Waals surface area contributed by atoms with Gasteiger partial charge >= 0.3 is 24.4 Å². The Balaban J connectivity index is 0.00000178. The number of carbonyl (C=O) groups is 1. The minimum Gasteiger partial charge on any atom is -0.434 e. The van der Waals surface area contributed by atoms with E-state index in [1.54, 1.807) is 13.8 Å². The highest BCUT2D eigenvalue weighted by Gasteiger charge is 2.33. The summed E-state index contributed by atoms with van der Waals surface area (Å²) in [7, 11) is 0. The Labute approximate surface area is 232 Å². The van der Waals surface area contributed by atoms with Crippen molar-refractivity contribution >= 4 is 17.5 Å². The van der Waals surface area contributed by atoms with Crippen LogP contribution in [0.3, 0.4) is 0 Å². The molecule has 40 heavy (non-hydrogen) atoms. The molecule has 2 N–H and O–H groups in total. The Bertz CT molecular complexity index is 1180. The van der Waals surface area contributed by atoms with E-state index in [-0.39, 0.29) is 42.1 Å². The number of alkyl halides is 5. The molecular formula is C25H33F5N4O5S. The zero-order chi connectivity index (χ0) is 30.1. The lowest BCUT2D eigenvalue weighted by Crippen LogP contribution is -2.45. The lowest BCUT2D eigenvalue weighted by Gasteiger charge is -2.34. The third kappa shape index (κ3) is 9.61.